The summed E-state index contributed by atoms with van der Waals surface area (Å²) in [5, 5.41) is 10.4. The molecule has 2 aromatic carbocycles. The Bertz CT molecular complexity index is 756. The molecule has 160 valence electrons. The van der Waals surface area contributed by atoms with Crippen LogP contribution in [0.3, 0.4) is 0 Å². The second-order valence-corrected chi connectivity index (χ2v) is 6.63. The molecule has 0 spiro atoms. The molecular weight excluding hydrogens is 401 g/mol. The van der Waals surface area contributed by atoms with Crippen LogP contribution in [-0.4, -0.2) is 63.2 Å². The van der Waals surface area contributed by atoms with E-state index >= 15 is 0 Å². The van der Waals surface area contributed by atoms with E-state index in [4.69, 9.17) is 18.9 Å². The minimum absolute atomic E-state index is 0. The largest absolute Gasteiger partial charge is 0.493 e. The van der Waals surface area contributed by atoms with E-state index in [1.165, 1.54) is 12.1 Å². The molecule has 0 radical (unpaired) electrons. The first-order valence-electron chi connectivity index (χ1n) is 9.22. The SMILES string of the molecule is COc1cccc(OC)c1OCC(O)CN1CCOC(c2cccc(F)c2)C1.Cl. The van der Waals surface area contributed by atoms with E-state index in [0.29, 0.717) is 43.5 Å². The molecule has 2 unspecified atom stereocenters. The zero-order chi connectivity index (χ0) is 19.9. The fourth-order valence-corrected chi connectivity index (χ4v) is 3.27. The van der Waals surface area contributed by atoms with Crippen LogP contribution in [0.25, 0.3) is 0 Å². The molecule has 2 aromatic rings. The maximum Gasteiger partial charge on any atom is 0.203 e. The van der Waals surface area contributed by atoms with Crippen molar-refractivity contribution < 1.29 is 28.4 Å². The molecule has 0 amide bonds. The van der Waals surface area contributed by atoms with Crippen LogP contribution in [0.1, 0.15) is 11.7 Å². The first kappa shape index (κ1) is 23.2. The third kappa shape index (κ3) is 6.21. The highest BCUT2D eigenvalue weighted by Gasteiger charge is 2.24. The molecule has 29 heavy (non-hydrogen) atoms. The summed E-state index contributed by atoms with van der Waals surface area (Å²) in [6.45, 7) is 2.32. The summed E-state index contributed by atoms with van der Waals surface area (Å²) in [5.41, 5.74) is 0.800. The third-order valence-corrected chi connectivity index (χ3v) is 4.64. The average Bonchev–Trinajstić information content (AvgIpc) is 2.72. The lowest BCUT2D eigenvalue weighted by molar-refractivity contribution is -0.0461. The van der Waals surface area contributed by atoms with Gasteiger partial charge in [-0.1, -0.05) is 18.2 Å². The van der Waals surface area contributed by atoms with Gasteiger partial charge in [-0.15, -0.1) is 12.4 Å². The van der Waals surface area contributed by atoms with Crippen molar-refractivity contribution in [2.24, 2.45) is 0 Å². The number of hydrogen-bond donors (Lipinski definition) is 1. The predicted octanol–water partition coefficient (Wildman–Crippen LogP) is 3.08. The molecule has 2 atom stereocenters. The highest BCUT2D eigenvalue weighted by Crippen LogP contribution is 2.36. The number of β-amino-alcohol motifs (C(OH)–C–C–N with tert-alkyl or cyclic N) is 1. The van der Waals surface area contributed by atoms with Crippen LogP contribution in [0.2, 0.25) is 0 Å². The summed E-state index contributed by atoms with van der Waals surface area (Å²) in [4.78, 5) is 2.09. The molecule has 1 heterocycles. The van der Waals surface area contributed by atoms with Crippen LogP contribution < -0.4 is 14.2 Å². The molecular formula is C21H27ClFNO5. The van der Waals surface area contributed by atoms with E-state index in [9.17, 15) is 9.50 Å². The lowest BCUT2D eigenvalue weighted by Crippen LogP contribution is -2.43. The molecule has 0 saturated carbocycles. The van der Waals surface area contributed by atoms with Gasteiger partial charge in [0, 0.05) is 19.6 Å². The molecule has 0 aromatic heterocycles. The van der Waals surface area contributed by atoms with Gasteiger partial charge in [-0.3, -0.25) is 4.90 Å². The van der Waals surface area contributed by atoms with Gasteiger partial charge in [0.05, 0.1) is 26.9 Å². The van der Waals surface area contributed by atoms with E-state index in [0.717, 1.165) is 5.56 Å². The van der Waals surface area contributed by atoms with E-state index in [1.54, 1.807) is 38.5 Å². The van der Waals surface area contributed by atoms with Crippen LogP contribution >= 0.6 is 12.4 Å². The van der Waals surface area contributed by atoms with E-state index in [-0.39, 0.29) is 30.9 Å². The molecule has 8 heteroatoms. The van der Waals surface area contributed by atoms with Gasteiger partial charge in [0.2, 0.25) is 5.75 Å². The molecule has 6 nitrogen and oxygen atoms in total. The van der Waals surface area contributed by atoms with Crippen molar-refractivity contribution in [1.82, 2.24) is 4.90 Å². The molecule has 1 fully saturated rings. The summed E-state index contributed by atoms with van der Waals surface area (Å²) >= 11 is 0. The van der Waals surface area contributed by atoms with Gasteiger partial charge in [-0.2, -0.15) is 0 Å². The predicted molar refractivity (Wildman–Crippen MR) is 110 cm³/mol. The summed E-state index contributed by atoms with van der Waals surface area (Å²) in [6.07, 6.45) is -0.923. The smallest absolute Gasteiger partial charge is 0.203 e. The molecule has 1 aliphatic heterocycles. The van der Waals surface area contributed by atoms with Crippen LogP contribution in [0, 0.1) is 5.82 Å². The number of aliphatic hydroxyl groups excluding tert-OH is 1. The molecule has 1 N–H and O–H groups in total. The monoisotopic (exact) mass is 427 g/mol. The number of benzene rings is 2. The highest BCUT2D eigenvalue weighted by molar-refractivity contribution is 5.85. The Labute approximate surface area is 176 Å². The third-order valence-electron chi connectivity index (χ3n) is 4.64. The van der Waals surface area contributed by atoms with Crippen molar-refractivity contribution in [3.63, 3.8) is 0 Å². The van der Waals surface area contributed by atoms with Gasteiger partial charge < -0.3 is 24.1 Å². The number of halogens is 2. The van der Waals surface area contributed by atoms with Crippen molar-refractivity contribution in [2.75, 3.05) is 47.1 Å². The van der Waals surface area contributed by atoms with Crippen molar-refractivity contribution in [3.05, 3.63) is 53.8 Å². The van der Waals surface area contributed by atoms with Crippen molar-refractivity contribution >= 4 is 12.4 Å². The number of methoxy groups -OCH3 is 2. The minimum Gasteiger partial charge on any atom is -0.493 e. The van der Waals surface area contributed by atoms with Gasteiger partial charge in [-0.05, 0) is 29.8 Å². The van der Waals surface area contributed by atoms with Gasteiger partial charge in [0.15, 0.2) is 11.5 Å². The van der Waals surface area contributed by atoms with Crippen molar-refractivity contribution in [1.29, 1.82) is 0 Å². The van der Waals surface area contributed by atoms with Gasteiger partial charge in [0.25, 0.3) is 0 Å². The second-order valence-electron chi connectivity index (χ2n) is 6.63. The van der Waals surface area contributed by atoms with E-state index in [2.05, 4.69) is 4.90 Å². The Hall–Kier alpha value is -2.06. The Kier molecular flexibility index (Phi) is 8.98. The van der Waals surface area contributed by atoms with Gasteiger partial charge in [-0.25, -0.2) is 4.39 Å². The summed E-state index contributed by atoms with van der Waals surface area (Å²) in [6, 6.07) is 11.8. The lowest BCUT2D eigenvalue weighted by atomic mass is 10.1. The standard InChI is InChI=1S/C21H26FNO5.ClH/c1-25-18-7-4-8-19(26-2)21(18)28-14-17(24)12-23-9-10-27-20(13-23)15-5-3-6-16(22)11-15;/h3-8,11,17,20,24H,9-10,12-14H2,1-2H3;1H. The van der Waals surface area contributed by atoms with Crippen LogP contribution in [-0.2, 0) is 4.74 Å². The molecule has 1 aliphatic rings. The molecule has 3 rings (SSSR count). The average molecular weight is 428 g/mol. The number of morpholine rings is 1. The van der Waals surface area contributed by atoms with Crippen LogP contribution in [0.4, 0.5) is 4.39 Å². The van der Waals surface area contributed by atoms with Gasteiger partial charge in [0.1, 0.15) is 18.5 Å². The molecule has 0 bridgehead atoms. The first-order chi connectivity index (χ1) is 13.6. The van der Waals surface area contributed by atoms with E-state index < -0.39 is 6.10 Å². The van der Waals surface area contributed by atoms with Crippen LogP contribution in [0.15, 0.2) is 42.5 Å². The number of hydrogen-bond acceptors (Lipinski definition) is 6. The Morgan fingerprint density at radius 3 is 2.52 bits per heavy atom. The zero-order valence-corrected chi connectivity index (χ0v) is 17.4. The molecule has 1 saturated heterocycles. The first-order valence-corrected chi connectivity index (χ1v) is 9.22. The van der Waals surface area contributed by atoms with Crippen LogP contribution in [0.5, 0.6) is 17.2 Å². The minimum atomic E-state index is -0.708. The molecule has 0 aliphatic carbocycles. The van der Waals surface area contributed by atoms with Gasteiger partial charge >= 0.3 is 0 Å². The number of para-hydroxylation sites is 1. The van der Waals surface area contributed by atoms with E-state index in [1.807, 2.05) is 6.07 Å². The van der Waals surface area contributed by atoms with Crippen molar-refractivity contribution in [3.8, 4) is 17.2 Å². The quantitative estimate of drug-likeness (QED) is 0.698. The fourth-order valence-electron chi connectivity index (χ4n) is 3.27. The maximum absolute atomic E-state index is 13.5. The maximum atomic E-state index is 13.5. The Morgan fingerprint density at radius 2 is 1.86 bits per heavy atom. The van der Waals surface area contributed by atoms with Crippen molar-refractivity contribution in [2.45, 2.75) is 12.2 Å². The lowest BCUT2D eigenvalue weighted by Gasteiger charge is -2.34. The summed E-state index contributed by atoms with van der Waals surface area (Å²) < 4.78 is 35.6. The summed E-state index contributed by atoms with van der Waals surface area (Å²) in [7, 11) is 3.11. The number of nitrogens with zero attached hydrogens (tertiary/aromatic N) is 1. The number of rotatable bonds is 8. The number of ether oxygens (including phenoxy) is 4. The Balaban J connectivity index is 0.00000300. The number of aliphatic hydroxyl groups is 1. The zero-order valence-electron chi connectivity index (χ0n) is 16.5. The fraction of sp³-hybridized carbons (Fsp3) is 0.429. The topological polar surface area (TPSA) is 60.4 Å². The highest BCUT2D eigenvalue weighted by atomic mass is 35.5. The summed E-state index contributed by atoms with van der Waals surface area (Å²) in [5.74, 6) is 1.27. The second kappa shape index (κ2) is 11.2. The normalized spacial score (nSPS) is 17.9. The Morgan fingerprint density at radius 1 is 1.17 bits per heavy atom.